The van der Waals surface area contributed by atoms with Crippen LogP contribution in [0, 0.1) is 5.41 Å². The molecule has 0 radical (unpaired) electrons. The Morgan fingerprint density at radius 3 is 2.46 bits per heavy atom. The highest BCUT2D eigenvalue weighted by atomic mass is 16.5. The van der Waals surface area contributed by atoms with Gasteiger partial charge in [-0.15, -0.1) is 0 Å². The number of carbonyl (C=O) groups excluding carboxylic acids is 2. The zero-order valence-corrected chi connectivity index (χ0v) is 14.8. The summed E-state index contributed by atoms with van der Waals surface area (Å²) in [5.41, 5.74) is 0.895. The summed E-state index contributed by atoms with van der Waals surface area (Å²) in [5.74, 6) is -0.645. The lowest BCUT2D eigenvalue weighted by atomic mass is 9.92. The van der Waals surface area contributed by atoms with E-state index in [1.807, 2.05) is 70.2 Å². The van der Waals surface area contributed by atoms with E-state index in [9.17, 15) is 9.59 Å². The molecule has 0 fully saturated rings. The Morgan fingerprint density at radius 1 is 1.08 bits per heavy atom. The molecular weight excluding hydrogens is 302 g/mol. The van der Waals surface area contributed by atoms with Crippen molar-refractivity contribution >= 4 is 22.6 Å². The van der Waals surface area contributed by atoms with Crippen LogP contribution in [0.5, 0.6) is 0 Å². The molecule has 0 saturated heterocycles. The first-order valence-corrected chi connectivity index (χ1v) is 8.19. The van der Waals surface area contributed by atoms with Crippen LogP contribution in [0.1, 0.15) is 45.7 Å². The summed E-state index contributed by atoms with van der Waals surface area (Å²) in [6, 6.07) is 13.9. The third kappa shape index (κ3) is 5.08. The van der Waals surface area contributed by atoms with Crippen molar-refractivity contribution in [3.63, 3.8) is 0 Å². The van der Waals surface area contributed by atoms with Gasteiger partial charge in [-0.1, -0.05) is 63.2 Å². The van der Waals surface area contributed by atoms with Crippen LogP contribution < -0.4 is 5.32 Å². The molecule has 2 aromatic rings. The normalized spacial score (nSPS) is 12.7. The molecule has 0 bridgehead atoms. The zero-order chi connectivity index (χ0) is 17.7. The van der Waals surface area contributed by atoms with Gasteiger partial charge in [-0.05, 0) is 28.7 Å². The molecule has 1 N–H and O–H groups in total. The van der Waals surface area contributed by atoms with Gasteiger partial charge in [0, 0.05) is 0 Å². The van der Waals surface area contributed by atoms with Crippen molar-refractivity contribution in [1.29, 1.82) is 0 Å². The number of benzene rings is 2. The number of esters is 1. The summed E-state index contributed by atoms with van der Waals surface area (Å²) in [5, 5.41) is 5.13. The first-order valence-electron chi connectivity index (χ1n) is 8.19. The molecule has 0 aliphatic carbocycles. The van der Waals surface area contributed by atoms with Gasteiger partial charge in [0.1, 0.15) is 0 Å². The molecule has 1 atom stereocenters. The van der Waals surface area contributed by atoms with E-state index >= 15 is 0 Å². The quantitative estimate of drug-likeness (QED) is 0.845. The van der Waals surface area contributed by atoms with Gasteiger partial charge < -0.3 is 10.1 Å². The Kier molecular flexibility index (Phi) is 5.60. The third-order valence-corrected chi connectivity index (χ3v) is 3.71. The number of hydrogen-bond donors (Lipinski definition) is 1. The van der Waals surface area contributed by atoms with E-state index in [0.717, 1.165) is 16.3 Å². The Balaban J connectivity index is 1.95. The molecular formula is C20H25NO3. The summed E-state index contributed by atoms with van der Waals surface area (Å²) in [7, 11) is 0. The second-order valence-electron chi connectivity index (χ2n) is 7.26. The van der Waals surface area contributed by atoms with Crippen LogP contribution in [0.4, 0.5) is 0 Å². The van der Waals surface area contributed by atoms with Crippen molar-refractivity contribution in [2.24, 2.45) is 5.41 Å². The van der Waals surface area contributed by atoms with Gasteiger partial charge in [-0.25, -0.2) is 0 Å². The largest absolute Gasteiger partial charge is 0.456 e. The predicted molar refractivity (Wildman–Crippen MR) is 95.5 cm³/mol. The number of ether oxygens (including phenoxy) is 1. The van der Waals surface area contributed by atoms with Crippen molar-refractivity contribution in [3.05, 3.63) is 48.0 Å². The Bertz CT molecular complexity index is 726. The maximum atomic E-state index is 12.0. The minimum atomic E-state index is -0.351. The number of amides is 1. The summed E-state index contributed by atoms with van der Waals surface area (Å²) in [4.78, 5) is 23.7. The molecule has 2 rings (SSSR count). The molecule has 2 aromatic carbocycles. The van der Waals surface area contributed by atoms with Crippen LogP contribution >= 0.6 is 0 Å². The van der Waals surface area contributed by atoms with E-state index in [2.05, 4.69) is 5.32 Å². The topological polar surface area (TPSA) is 55.4 Å². The highest BCUT2D eigenvalue weighted by molar-refractivity contribution is 5.87. The smallest absolute Gasteiger partial charge is 0.306 e. The van der Waals surface area contributed by atoms with E-state index in [-0.39, 0.29) is 29.9 Å². The highest BCUT2D eigenvalue weighted by Crippen LogP contribution is 2.24. The molecule has 0 aliphatic heterocycles. The van der Waals surface area contributed by atoms with E-state index < -0.39 is 0 Å². The van der Waals surface area contributed by atoms with Crippen LogP contribution in [0.2, 0.25) is 0 Å². The van der Waals surface area contributed by atoms with Crippen LogP contribution in [0.3, 0.4) is 0 Å². The zero-order valence-electron chi connectivity index (χ0n) is 14.8. The van der Waals surface area contributed by atoms with E-state index in [4.69, 9.17) is 4.74 Å². The van der Waals surface area contributed by atoms with Crippen LogP contribution in [-0.2, 0) is 14.3 Å². The summed E-state index contributed by atoms with van der Waals surface area (Å²) >= 11 is 0. The van der Waals surface area contributed by atoms with E-state index in [0.29, 0.717) is 6.42 Å². The second-order valence-corrected chi connectivity index (χ2v) is 7.26. The monoisotopic (exact) mass is 327 g/mol. The van der Waals surface area contributed by atoms with Gasteiger partial charge in [-0.3, -0.25) is 9.59 Å². The molecule has 4 nitrogen and oxygen atoms in total. The molecule has 0 saturated carbocycles. The number of carbonyl (C=O) groups is 2. The lowest BCUT2D eigenvalue weighted by Gasteiger charge is -2.18. The van der Waals surface area contributed by atoms with Crippen LogP contribution in [0.25, 0.3) is 10.8 Å². The minimum Gasteiger partial charge on any atom is -0.456 e. The molecule has 4 heteroatoms. The Labute approximate surface area is 143 Å². The standard InChI is InChI=1S/C20H25NO3/c1-14(16-11-7-9-15-8-5-6-10-17(15)16)21-18(22)13-24-19(23)12-20(2,3)4/h5-11,14H,12-13H2,1-4H3,(H,21,22)/t14-/m0/s1. The lowest BCUT2D eigenvalue weighted by molar-refractivity contribution is -0.150. The number of hydrogen-bond acceptors (Lipinski definition) is 3. The van der Waals surface area contributed by atoms with E-state index in [1.165, 1.54) is 0 Å². The van der Waals surface area contributed by atoms with E-state index in [1.54, 1.807) is 0 Å². The lowest BCUT2D eigenvalue weighted by Crippen LogP contribution is -2.31. The predicted octanol–water partition coefficient (Wildman–Crippen LogP) is 4.00. The van der Waals surface area contributed by atoms with Gasteiger partial charge in [0.05, 0.1) is 12.5 Å². The first kappa shape index (κ1) is 18.0. The Hall–Kier alpha value is -2.36. The average Bonchev–Trinajstić information content (AvgIpc) is 2.50. The highest BCUT2D eigenvalue weighted by Gasteiger charge is 2.18. The second kappa shape index (κ2) is 7.47. The summed E-state index contributed by atoms with van der Waals surface area (Å²) < 4.78 is 5.05. The fourth-order valence-electron chi connectivity index (χ4n) is 2.62. The molecule has 0 aromatic heterocycles. The van der Waals surface area contributed by atoms with Gasteiger partial charge in [0.15, 0.2) is 6.61 Å². The van der Waals surface area contributed by atoms with Gasteiger partial charge in [0.25, 0.3) is 5.91 Å². The maximum Gasteiger partial charge on any atom is 0.306 e. The molecule has 128 valence electrons. The van der Waals surface area contributed by atoms with Gasteiger partial charge >= 0.3 is 5.97 Å². The maximum absolute atomic E-state index is 12.0. The fourth-order valence-corrected chi connectivity index (χ4v) is 2.62. The third-order valence-electron chi connectivity index (χ3n) is 3.71. The minimum absolute atomic E-state index is 0.149. The molecule has 0 aliphatic rings. The number of nitrogens with one attached hydrogen (secondary N) is 1. The molecule has 0 unspecified atom stereocenters. The fraction of sp³-hybridized carbons (Fsp3) is 0.400. The van der Waals surface area contributed by atoms with Crippen molar-refractivity contribution in [2.75, 3.05) is 6.61 Å². The van der Waals surface area contributed by atoms with Crippen LogP contribution in [0.15, 0.2) is 42.5 Å². The Morgan fingerprint density at radius 2 is 1.75 bits per heavy atom. The first-order chi connectivity index (χ1) is 11.3. The SMILES string of the molecule is C[C@H](NC(=O)COC(=O)CC(C)(C)C)c1cccc2ccccc12. The van der Waals surface area contributed by atoms with Gasteiger partial charge in [0.2, 0.25) is 0 Å². The van der Waals surface area contributed by atoms with Crippen molar-refractivity contribution in [2.45, 2.75) is 40.2 Å². The molecule has 0 heterocycles. The summed E-state index contributed by atoms with van der Waals surface area (Å²) in [6.07, 6.45) is 0.291. The van der Waals surface area contributed by atoms with Crippen LogP contribution in [-0.4, -0.2) is 18.5 Å². The summed E-state index contributed by atoms with van der Waals surface area (Å²) in [6.45, 7) is 7.55. The molecule has 1 amide bonds. The number of rotatable bonds is 5. The van der Waals surface area contributed by atoms with Crippen molar-refractivity contribution < 1.29 is 14.3 Å². The molecule has 0 spiro atoms. The average molecular weight is 327 g/mol. The molecule has 24 heavy (non-hydrogen) atoms. The van der Waals surface area contributed by atoms with Crippen molar-refractivity contribution in [3.8, 4) is 0 Å². The van der Waals surface area contributed by atoms with Crippen molar-refractivity contribution in [1.82, 2.24) is 5.32 Å². The van der Waals surface area contributed by atoms with Gasteiger partial charge in [-0.2, -0.15) is 0 Å². The number of fused-ring (bicyclic) bond motifs is 1.